The van der Waals surface area contributed by atoms with Crippen LogP contribution in [-0.4, -0.2) is 59.0 Å². The van der Waals surface area contributed by atoms with Crippen LogP contribution in [0.3, 0.4) is 0 Å². The average molecular weight is 230 g/mol. The Kier molecular flexibility index (Phi) is 6.30. The molecule has 0 amide bonds. The third kappa shape index (κ3) is 5.82. The van der Waals surface area contributed by atoms with Crippen molar-refractivity contribution in [3.8, 4) is 0 Å². The summed E-state index contributed by atoms with van der Waals surface area (Å²) in [6.07, 6.45) is 3.94. The van der Waals surface area contributed by atoms with Crippen LogP contribution in [0.25, 0.3) is 0 Å². The molecule has 6 heteroatoms. The van der Waals surface area contributed by atoms with Gasteiger partial charge in [-0.3, -0.25) is 4.90 Å². The Morgan fingerprint density at radius 1 is 1.25 bits per heavy atom. The number of rotatable bonds is 8. The van der Waals surface area contributed by atoms with E-state index >= 15 is 0 Å². The van der Waals surface area contributed by atoms with Gasteiger partial charge in [-0.1, -0.05) is 12.8 Å². The lowest BCUT2D eigenvalue weighted by molar-refractivity contribution is 0.000754. The highest BCUT2D eigenvalue weighted by molar-refractivity contribution is 6.40. The van der Waals surface area contributed by atoms with Crippen LogP contribution in [0.2, 0.25) is 6.32 Å². The number of hydrogen-bond acceptors (Lipinski definition) is 5. The zero-order chi connectivity index (χ0) is 12.0. The molecule has 1 unspecified atom stereocenters. The van der Waals surface area contributed by atoms with Crippen LogP contribution >= 0.6 is 0 Å². The molecule has 1 saturated heterocycles. The van der Waals surface area contributed by atoms with Crippen LogP contribution in [0.4, 0.5) is 0 Å². The smallest absolute Gasteiger partial charge is 0.427 e. The highest BCUT2D eigenvalue weighted by Gasteiger charge is 2.23. The fraction of sp³-hybridized carbons (Fsp3) is 1.00. The van der Waals surface area contributed by atoms with Crippen LogP contribution in [-0.2, 0) is 0 Å². The first-order chi connectivity index (χ1) is 7.58. The standard InChI is InChI=1S/C10H23BN2O3/c12-9(3-1-2-5-11(15)16)4-6-13-7-10(14)8-13/h9-10,14-16H,1-8,12H2. The van der Waals surface area contributed by atoms with Gasteiger partial charge in [-0.05, 0) is 25.7 Å². The van der Waals surface area contributed by atoms with Gasteiger partial charge in [0.25, 0.3) is 0 Å². The molecule has 0 aromatic rings. The summed E-state index contributed by atoms with van der Waals surface area (Å²) in [6, 6.07) is 0.188. The molecule has 5 N–H and O–H groups in total. The predicted octanol–water partition coefficient (Wildman–Crippen LogP) is -0.977. The molecule has 0 aromatic heterocycles. The first-order valence-electron chi connectivity index (χ1n) is 6.10. The van der Waals surface area contributed by atoms with Crippen molar-refractivity contribution >= 4 is 7.12 Å². The third-order valence-electron chi connectivity index (χ3n) is 3.04. The Balaban J connectivity index is 1.88. The normalized spacial score (nSPS) is 19.5. The minimum atomic E-state index is -1.18. The van der Waals surface area contributed by atoms with Gasteiger partial charge in [0.1, 0.15) is 0 Å². The topological polar surface area (TPSA) is 90.0 Å². The molecular formula is C10H23BN2O3. The van der Waals surface area contributed by atoms with Crippen molar-refractivity contribution in [2.45, 2.75) is 44.1 Å². The van der Waals surface area contributed by atoms with Crippen molar-refractivity contribution in [2.75, 3.05) is 19.6 Å². The summed E-state index contributed by atoms with van der Waals surface area (Å²) < 4.78 is 0. The van der Waals surface area contributed by atoms with E-state index in [9.17, 15) is 0 Å². The highest BCUT2D eigenvalue weighted by atomic mass is 16.4. The van der Waals surface area contributed by atoms with Gasteiger partial charge < -0.3 is 20.9 Å². The molecule has 1 atom stereocenters. The van der Waals surface area contributed by atoms with Crippen LogP contribution < -0.4 is 5.73 Å². The highest BCUT2D eigenvalue weighted by Crippen LogP contribution is 2.11. The van der Waals surface area contributed by atoms with E-state index in [0.29, 0.717) is 6.32 Å². The maximum absolute atomic E-state index is 9.09. The summed E-state index contributed by atoms with van der Waals surface area (Å²) in [7, 11) is -1.18. The number of hydrogen-bond donors (Lipinski definition) is 4. The molecule has 5 nitrogen and oxygen atoms in total. The first-order valence-corrected chi connectivity index (χ1v) is 6.10. The van der Waals surface area contributed by atoms with E-state index < -0.39 is 7.12 Å². The third-order valence-corrected chi connectivity index (χ3v) is 3.04. The number of nitrogens with two attached hydrogens (primary N) is 1. The second kappa shape index (κ2) is 7.24. The fourth-order valence-corrected chi connectivity index (χ4v) is 1.95. The Labute approximate surface area is 97.4 Å². The summed E-state index contributed by atoms with van der Waals surface area (Å²) >= 11 is 0. The van der Waals surface area contributed by atoms with E-state index in [1.54, 1.807) is 0 Å². The minimum absolute atomic E-state index is 0.137. The van der Waals surface area contributed by atoms with Crippen molar-refractivity contribution in [1.82, 2.24) is 4.90 Å². The molecule has 1 heterocycles. The molecule has 0 aromatic carbocycles. The largest absolute Gasteiger partial charge is 0.451 e. The minimum Gasteiger partial charge on any atom is -0.427 e. The van der Waals surface area contributed by atoms with Gasteiger partial charge >= 0.3 is 7.12 Å². The van der Waals surface area contributed by atoms with Crippen LogP contribution in [0.1, 0.15) is 25.7 Å². The number of likely N-dealkylation sites (tertiary alicyclic amines) is 1. The number of nitrogens with zero attached hydrogens (tertiary/aromatic N) is 1. The van der Waals surface area contributed by atoms with Gasteiger partial charge in [-0.15, -0.1) is 0 Å². The predicted molar refractivity (Wildman–Crippen MR) is 63.9 cm³/mol. The van der Waals surface area contributed by atoms with Gasteiger partial charge in [0.15, 0.2) is 0 Å². The molecule has 1 aliphatic rings. The Hall–Kier alpha value is -0.135. The monoisotopic (exact) mass is 230 g/mol. The zero-order valence-corrected chi connectivity index (χ0v) is 9.76. The lowest BCUT2D eigenvalue weighted by Gasteiger charge is -2.36. The number of aliphatic hydroxyl groups excluding tert-OH is 1. The first kappa shape index (κ1) is 13.9. The molecule has 16 heavy (non-hydrogen) atoms. The van der Waals surface area contributed by atoms with Crippen molar-refractivity contribution in [1.29, 1.82) is 0 Å². The molecule has 0 spiro atoms. The van der Waals surface area contributed by atoms with Crippen LogP contribution in [0, 0.1) is 0 Å². The summed E-state index contributed by atoms with van der Waals surface area (Å²) in [6.45, 7) is 2.52. The molecule has 94 valence electrons. The molecule has 1 fully saturated rings. The Morgan fingerprint density at radius 3 is 2.50 bits per heavy atom. The number of β-amino-alcohol motifs (C(OH)–C–C–N with tert-alkyl or cyclic N) is 1. The SMILES string of the molecule is NC(CCCCB(O)O)CCN1CC(O)C1. The molecule has 0 radical (unpaired) electrons. The van der Waals surface area contributed by atoms with Crippen molar-refractivity contribution < 1.29 is 15.2 Å². The van der Waals surface area contributed by atoms with E-state index in [0.717, 1.165) is 45.3 Å². The summed E-state index contributed by atoms with van der Waals surface area (Å²) in [5.74, 6) is 0. The summed E-state index contributed by atoms with van der Waals surface area (Å²) in [4.78, 5) is 2.20. The summed E-state index contributed by atoms with van der Waals surface area (Å²) in [5, 5.41) is 26.4. The van der Waals surface area contributed by atoms with Gasteiger partial charge in [-0.2, -0.15) is 0 Å². The van der Waals surface area contributed by atoms with Crippen LogP contribution in [0.5, 0.6) is 0 Å². The molecule has 0 bridgehead atoms. The quantitative estimate of drug-likeness (QED) is 0.318. The van der Waals surface area contributed by atoms with Crippen molar-refractivity contribution in [3.05, 3.63) is 0 Å². The van der Waals surface area contributed by atoms with E-state index in [1.165, 1.54) is 0 Å². The van der Waals surface area contributed by atoms with Gasteiger partial charge in [-0.25, -0.2) is 0 Å². The van der Waals surface area contributed by atoms with E-state index in [2.05, 4.69) is 4.90 Å². The maximum atomic E-state index is 9.09. The van der Waals surface area contributed by atoms with Crippen molar-refractivity contribution in [2.24, 2.45) is 5.73 Å². The molecule has 0 aliphatic carbocycles. The van der Waals surface area contributed by atoms with E-state index in [1.807, 2.05) is 0 Å². The maximum Gasteiger partial charge on any atom is 0.451 e. The average Bonchev–Trinajstić information content (AvgIpc) is 2.17. The second-order valence-electron chi connectivity index (χ2n) is 4.73. The second-order valence-corrected chi connectivity index (χ2v) is 4.73. The Bertz CT molecular complexity index is 189. The van der Waals surface area contributed by atoms with E-state index in [-0.39, 0.29) is 12.1 Å². The van der Waals surface area contributed by atoms with Gasteiger partial charge in [0, 0.05) is 19.1 Å². The van der Waals surface area contributed by atoms with Gasteiger partial charge in [0.2, 0.25) is 0 Å². The fourth-order valence-electron chi connectivity index (χ4n) is 1.95. The lowest BCUT2D eigenvalue weighted by Crippen LogP contribution is -2.51. The lowest BCUT2D eigenvalue weighted by atomic mass is 9.83. The number of aliphatic hydroxyl groups is 1. The number of unbranched alkanes of at least 4 members (excludes halogenated alkanes) is 1. The van der Waals surface area contributed by atoms with E-state index in [4.69, 9.17) is 20.9 Å². The van der Waals surface area contributed by atoms with Crippen molar-refractivity contribution in [3.63, 3.8) is 0 Å². The molecular weight excluding hydrogens is 207 g/mol. The van der Waals surface area contributed by atoms with Crippen LogP contribution in [0.15, 0.2) is 0 Å². The molecule has 1 aliphatic heterocycles. The Morgan fingerprint density at radius 2 is 1.94 bits per heavy atom. The van der Waals surface area contributed by atoms with Gasteiger partial charge in [0.05, 0.1) is 6.10 Å². The molecule has 1 rings (SSSR count). The zero-order valence-electron chi connectivity index (χ0n) is 9.76. The molecule has 0 saturated carbocycles. The summed E-state index contributed by atoms with van der Waals surface area (Å²) in [5.41, 5.74) is 5.94.